The number of ether oxygens (including phenoxy) is 1. The molecule has 0 atom stereocenters. The summed E-state index contributed by atoms with van der Waals surface area (Å²) in [4.78, 5) is 26.6. The van der Waals surface area contributed by atoms with E-state index in [2.05, 4.69) is 20.8 Å². The average Bonchev–Trinajstić information content (AvgIpc) is 3.15. The van der Waals surface area contributed by atoms with Gasteiger partial charge in [-0.15, -0.1) is 5.10 Å². The molecule has 9 heteroatoms. The highest BCUT2D eigenvalue weighted by atomic mass is 16.6. The minimum absolute atomic E-state index is 0.00175. The summed E-state index contributed by atoms with van der Waals surface area (Å²) in [5.41, 5.74) is 0.604. The maximum Gasteiger partial charge on any atom is 0.410 e. The summed E-state index contributed by atoms with van der Waals surface area (Å²) < 4.78 is 6.86. The van der Waals surface area contributed by atoms with Gasteiger partial charge in [0.05, 0.1) is 11.3 Å². The number of carbonyl (C=O) groups is 2. The van der Waals surface area contributed by atoms with E-state index in [9.17, 15) is 9.59 Å². The van der Waals surface area contributed by atoms with Gasteiger partial charge in [0, 0.05) is 19.1 Å². The number of hydrogen-bond acceptors (Lipinski definition) is 6. The molecule has 0 bridgehead atoms. The highest BCUT2D eigenvalue weighted by molar-refractivity contribution is 5.97. The highest BCUT2D eigenvalue weighted by Crippen LogP contribution is 2.17. The van der Waals surface area contributed by atoms with E-state index >= 15 is 0 Å². The Kier molecular flexibility index (Phi) is 5.38. The number of rotatable bonds is 3. The van der Waals surface area contributed by atoms with Crippen molar-refractivity contribution in [1.29, 1.82) is 0 Å². The molecule has 1 fully saturated rings. The Morgan fingerprint density at radius 1 is 1.19 bits per heavy atom. The summed E-state index contributed by atoms with van der Waals surface area (Å²) in [7, 11) is 0. The van der Waals surface area contributed by atoms with Gasteiger partial charge in [-0.2, -0.15) is 4.68 Å². The monoisotopic (exact) mass is 372 g/mol. The lowest BCUT2D eigenvalue weighted by Gasteiger charge is -2.33. The Bertz CT molecular complexity index is 792. The molecule has 2 heterocycles. The van der Waals surface area contributed by atoms with Crippen molar-refractivity contribution in [2.45, 2.75) is 45.3 Å². The fraction of sp³-hybridized carbons (Fsp3) is 0.500. The van der Waals surface area contributed by atoms with Crippen molar-refractivity contribution in [1.82, 2.24) is 30.4 Å². The van der Waals surface area contributed by atoms with Gasteiger partial charge in [0.2, 0.25) is 0 Å². The van der Waals surface area contributed by atoms with Crippen LogP contribution in [0.25, 0.3) is 5.69 Å². The van der Waals surface area contributed by atoms with Gasteiger partial charge in [-0.1, -0.05) is 12.1 Å². The molecule has 1 N–H and O–H groups in total. The molecule has 9 nitrogen and oxygen atoms in total. The largest absolute Gasteiger partial charge is 0.444 e. The minimum atomic E-state index is -0.512. The second kappa shape index (κ2) is 7.73. The smallest absolute Gasteiger partial charge is 0.410 e. The van der Waals surface area contributed by atoms with E-state index in [1.54, 1.807) is 23.1 Å². The van der Waals surface area contributed by atoms with Crippen LogP contribution in [0.5, 0.6) is 0 Å². The van der Waals surface area contributed by atoms with E-state index < -0.39 is 5.60 Å². The van der Waals surface area contributed by atoms with Crippen molar-refractivity contribution in [3.8, 4) is 5.69 Å². The molecule has 2 aromatic rings. The predicted molar refractivity (Wildman–Crippen MR) is 97.4 cm³/mol. The number of benzene rings is 1. The molecule has 1 aliphatic rings. The summed E-state index contributed by atoms with van der Waals surface area (Å²) in [6.07, 6.45) is 2.50. The van der Waals surface area contributed by atoms with Crippen LogP contribution in [0.15, 0.2) is 30.6 Å². The number of para-hydroxylation sites is 1. The molecule has 144 valence electrons. The van der Waals surface area contributed by atoms with Crippen LogP contribution in [0.1, 0.15) is 44.0 Å². The SMILES string of the molecule is CC(C)(C)OC(=O)N1CCC(NC(=O)c2ccccc2-n2cnnn2)CC1. The fourth-order valence-electron chi connectivity index (χ4n) is 2.93. The summed E-state index contributed by atoms with van der Waals surface area (Å²) in [5, 5.41) is 14.1. The Morgan fingerprint density at radius 2 is 1.89 bits per heavy atom. The molecule has 3 rings (SSSR count). The van der Waals surface area contributed by atoms with Gasteiger partial charge in [-0.3, -0.25) is 4.79 Å². The van der Waals surface area contributed by atoms with Gasteiger partial charge >= 0.3 is 6.09 Å². The molecule has 0 spiro atoms. The number of nitrogens with one attached hydrogen (secondary N) is 1. The number of carbonyl (C=O) groups excluding carboxylic acids is 2. The fourth-order valence-corrected chi connectivity index (χ4v) is 2.93. The number of tetrazole rings is 1. The first-order chi connectivity index (χ1) is 12.8. The number of hydrogen-bond donors (Lipinski definition) is 1. The van der Waals surface area contributed by atoms with E-state index in [0.717, 1.165) is 0 Å². The molecule has 1 aromatic heterocycles. The molecule has 27 heavy (non-hydrogen) atoms. The molecule has 0 radical (unpaired) electrons. The Morgan fingerprint density at radius 3 is 2.52 bits per heavy atom. The van der Waals surface area contributed by atoms with E-state index in [0.29, 0.717) is 37.2 Å². The average molecular weight is 372 g/mol. The number of aromatic nitrogens is 4. The molecule has 1 aliphatic heterocycles. The van der Waals surface area contributed by atoms with Crippen molar-refractivity contribution in [3.05, 3.63) is 36.2 Å². The maximum atomic E-state index is 12.7. The molecular formula is C18H24N6O3. The predicted octanol–water partition coefficient (Wildman–Crippen LogP) is 1.79. The Balaban J connectivity index is 1.59. The second-order valence-corrected chi connectivity index (χ2v) is 7.49. The van der Waals surface area contributed by atoms with E-state index in [-0.39, 0.29) is 18.0 Å². The zero-order valence-electron chi connectivity index (χ0n) is 15.8. The Hall–Kier alpha value is -2.97. The van der Waals surface area contributed by atoms with Gasteiger partial charge in [0.1, 0.15) is 11.9 Å². The second-order valence-electron chi connectivity index (χ2n) is 7.49. The van der Waals surface area contributed by atoms with Gasteiger partial charge in [-0.05, 0) is 56.2 Å². The van der Waals surface area contributed by atoms with Crippen molar-refractivity contribution in [3.63, 3.8) is 0 Å². The molecule has 2 amide bonds. The number of nitrogens with zero attached hydrogens (tertiary/aromatic N) is 5. The standard InChI is InChI=1S/C18H24N6O3/c1-18(2,3)27-17(26)23-10-8-13(9-11-23)20-16(25)14-6-4-5-7-15(14)24-12-19-21-22-24/h4-7,12-13H,8-11H2,1-3H3,(H,20,25). The van der Waals surface area contributed by atoms with Crippen molar-refractivity contribution in [2.24, 2.45) is 0 Å². The molecule has 0 saturated carbocycles. The third-order valence-electron chi connectivity index (χ3n) is 4.23. The third-order valence-corrected chi connectivity index (χ3v) is 4.23. The lowest BCUT2D eigenvalue weighted by atomic mass is 10.0. The Labute approximate surface area is 157 Å². The van der Waals surface area contributed by atoms with E-state index in [4.69, 9.17) is 4.74 Å². The number of likely N-dealkylation sites (tertiary alicyclic amines) is 1. The third kappa shape index (κ3) is 4.81. The number of piperidine rings is 1. The maximum absolute atomic E-state index is 12.7. The normalized spacial score (nSPS) is 15.4. The van der Waals surface area contributed by atoms with Gasteiger partial charge in [-0.25, -0.2) is 4.79 Å². The minimum Gasteiger partial charge on any atom is -0.444 e. The zero-order valence-corrected chi connectivity index (χ0v) is 15.8. The van der Waals surface area contributed by atoms with Crippen molar-refractivity contribution < 1.29 is 14.3 Å². The molecule has 0 unspecified atom stereocenters. The van der Waals surface area contributed by atoms with Crippen LogP contribution in [0.3, 0.4) is 0 Å². The first kappa shape index (κ1) is 18.8. The lowest BCUT2D eigenvalue weighted by Crippen LogP contribution is -2.47. The first-order valence-corrected chi connectivity index (χ1v) is 8.95. The van der Waals surface area contributed by atoms with Crippen molar-refractivity contribution >= 4 is 12.0 Å². The topological polar surface area (TPSA) is 102 Å². The number of amides is 2. The van der Waals surface area contributed by atoms with Crippen LogP contribution in [0.2, 0.25) is 0 Å². The molecule has 1 aromatic carbocycles. The zero-order chi connectivity index (χ0) is 19.4. The van der Waals surface area contributed by atoms with Crippen LogP contribution in [0, 0.1) is 0 Å². The quantitative estimate of drug-likeness (QED) is 0.881. The van der Waals surface area contributed by atoms with Crippen LogP contribution in [-0.4, -0.2) is 61.8 Å². The molecule has 1 saturated heterocycles. The van der Waals surface area contributed by atoms with Crippen LogP contribution in [-0.2, 0) is 4.74 Å². The summed E-state index contributed by atoms with van der Waals surface area (Å²) in [6, 6.07) is 7.15. The molecule has 0 aliphatic carbocycles. The lowest BCUT2D eigenvalue weighted by molar-refractivity contribution is 0.0199. The van der Waals surface area contributed by atoms with Gasteiger partial charge < -0.3 is 15.0 Å². The summed E-state index contributed by atoms with van der Waals surface area (Å²) in [6.45, 7) is 6.64. The van der Waals surface area contributed by atoms with Crippen LogP contribution >= 0.6 is 0 Å². The first-order valence-electron chi connectivity index (χ1n) is 8.95. The van der Waals surface area contributed by atoms with Gasteiger partial charge in [0.25, 0.3) is 5.91 Å². The summed E-state index contributed by atoms with van der Waals surface area (Å²) >= 11 is 0. The van der Waals surface area contributed by atoms with E-state index in [1.165, 1.54) is 11.0 Å². The highest BCUT2D eigenvalue weighted by Gasteiger charge is 2.28. The van der Waals surface area contributed by atoms with E-state index in [1.807, 2.05) is 26.8 Å². The van der Waals surface area contributed by atoms with Crippen LogP contribution in [0.4, 0.5) is 4.79 Å². The molecular weight excluding hydrogens is 348 g/mol. The van der Waals surface area contributed by atoms with Crippen molar-refractivity contribution in [2.75, 3.05) is 13.1 Å². The van der Waals surface area contributed by atoms with Crippen LogP contribution < -0.4 is 5.32 Å². The summed E-state index contributed by atoms with van der Waals surface area (Å²) in [5.74, 6) is -0.184. The van der Waals surface area contributed by atoms with Gasteiger partial charge in [0.15, 0.2) is 0 Å².